The largest absolute Gasteiger partial charge is 1.00 e. The summed E-state index contributed by atoms with van der Waals surface area (Å²) in [6, 6.07) is 15.1. The molecule has 2 aromatic carbocycles. The first-order valence-corrected chi connectivity index (χ1v) is 8.38. The van der Waals surface area contributed by atoms with Crippen molar-refractivity contribution in [3.8, 4) is 33.9 Å². The van der Waals surface area contributed by atoms with Crippen molar-refractivity contribution < 1.29 is 43.8 Å². The smallest absolute Gasteiger partial charge is 0.545 e. The number of carbonyl (C=O) groups excluding carboxylic acids is 1. The molecule has 29 heavy (non-hydrogen) atoms. The Bertz CT molecular complexity index is 1220. The molecule has 4 aromatic rings. The van der Waals surface area contributed by atoms with Crippen LogP contribution in [-0.2, 0) is 0 Å². The van der Waals surface area contributed by atoms with Crippen LogP contribution in [-0.4, -0.2) is 20.9 Å². The maximum absolute atomic E-state index is 13.3. The molecule has 4 rings (SSSR count). The number of aromatic amines is 2. The predicted molar refractivity (Wildman–Crippen MR) is 99.8 cm³/mol. The fourth-order valence-electron chi connectivity index (χ4n) is 2.90. The Kier molecular flexibility index (Phi) is 6.12. The van der Waals surface area contributed by atoms with E-state index < -0.39 is 5.97 Å². The van der Waals surface area contributed by atoms with Gasteiger partial charge in [-0.25, -0.2) is 9.37 Å². The van der Waals surface area contributed by atoms with Gasteiger partial charge in [-0.3, -0.25) is 4.79 Å². The molecule has 0 aliphatic rings. The number of hydrogen-bond donors (Lipinski definition) is 2. The second-order valence-corrected chi connectivity index (χ2v) is 6.12. The van der Waals surface area contributed by atoms with Crippen LogP contribution in [0.1, 0.15) is 10.4 Å². The van der Waals surface area contributed by atoms with Crippen molar-refractivity contribution in [2.45, 2.75) is 0 Å². The molecule has 0 fully saturated rings. The summed E-state index contributed by atoms with van der Waals surface area (Å²) in [6.07, 6.45) is 1.52. The number of pyridine rings is 1. The van der Waals surface area contributed by atoms with Gasteiger partial charge < -0.3 is 19.9 Å². The Balaban J connectivity index is 0.00000240. The molecule has 0 bridgehead atoms. The molecule has 2 heterocycles. The second-order valence-electron chi connectivity index (χ2n) is 6.12. The van der Waals surface area contributed by atoms with Gasteiger partial charge in [0.1, 0.15) is 11.6 Å². The van der Waals surface area contributed by atoms with E-state index in [9.17, 15) is 19.1 Å². The number of aromatic carboxylic acids is 1. The molecule has 0 amide bonds. The molecule has 0 unspecified atom stereocenters. The first kappa shape index (κ1) is 20.7. The number of nitrogens with zero attached hydrogens (tertiary/aromatic N) is 1. The molecule has 0 saturated heterocycles. The van der Waals surface area contributed by atoms with Crippen LogP contribution in [0.4, 0.5) is 4.39 Å². The fraction of sp³-hybridized carbons (Fsp3) is 0. The van der Waals surface area contributed by atoms with Crippen molar-refractivity contribution >= 4 is 5.97 Å². The summed E-state index contributed by atoms with van der Waals surface area (Å²) in [7, 11) is 0. The number of imidazole rings is 1. The van der Waals surface area contributed by atoms with E-state index in [-0.39, 0.29) is 46.5 Å². The minimum absolute atomic E-state index is 0. The van der Waals surface area contributed by atoms with Crippen LogP contribution in [0.3, 0.4) is 0 Å². The Morgan fingerprint density at radius 2 is 1.59 bits per heavy atom. The quantitative estimate of drug-likeness (QED) is 0.458. The molecule has 0 spiro atoms. The normalized spacial score (nSPS) is 10.4. The Morgan fingerprint density at radius 3 is 2.21 bits per heavy atom. The van der Waals surface area contributed by atoms with E-state index in [1.807, 2.05) is 0 Å². The van der Waals surface area contributed by atoms with E-state index in [4.69, 9.17) is 0 Å². The van der Waals surface area contributed by atoms with E-state index in [0.29, 0.717) is 33.9 Å². The Morgan fingerprint density at radius 1 is 0.931 bits per heavy atom. The summed E-state index contributed by atoms with van der Waals surface area (Å²) in [4.78, 5) is 33.0. The van der Waals surface area contributed by atoms with Crippen molar-refractivity contribution in [1.82, 2.24) is 15.0 Å². The number of carbonyl (C=O) groups is 1. The van der Waals surface area contributed by atoms with E-state index in [1.54, 1.807) is 30.3 Å². The van der Waals surface area contributed by atoms with Crippen LogP contribution in [0.25, 0.3) is 33.9 Å². The number of benzene rings is 2. The Labute approximate surface area is 186 Å². The van der Waals surface area contributed by atoms with Crippen molar-refractivity contribution in [3.63, 3.8) is 0 Å². The van der Waals surface area contributed by atoms with Crippen LogP contribution in [0.15, 0.2) is 71.7 Å². The van der Waals surface area contributed by atoms with Gasteiger partial charge in [-0.15, -0.1) is 0 Å². The summed E-state index contributed by atoms with van der Waals surface area (Å²) < 4.78 is 13.3. The summed E-state index contributed by atoms with van der Waals surface area (Å²) in [5, 5.41) is 10.9. The van der Waals surface area contributed by atoms with Gasteiger partial charge in [0, 0.05) is 29.0 Å². The number of rotatable bonds is 4. The van der Waals surface area contributed by atoms with Gasteiger partial charge in [0.05, 0.1) is 17.4 Å². The summed E-state index contributed by atoms with van der Waals surface area (Å²) in [6.45, 7) is 0. The minimum Gasteiger partial charge on any atom is -0.545 e. The van der Waals surface area contributed by atoms with E-state index in [2.05, 4.69) is 15.0 Å². The average molecular weight is 397 g/mol. The second kappa shape index (κ2) is 8.57. The molecule has 2 aromatic heterocycles. The van der Waals surface area contributed by atoms with Crippen molar-refractivity contribution in [2.24, 2.45) is 0 Å². The Hall–Kier alpha value is -3.00. The van der Waals surface area contributed by atoms with Crippen LogP contribution in [0.2, 0.25) is 0 Å². The third-order valence-corrected chi connectivity index (χ3v) is 4.28. The third-order valence-electron chi connectivity index (χ3n) is 4.28. The summed E-state index contributed by atoms with van der Waals surface area (Å²) >= 11 is 0. The number of hydrogen-bond acceptors (Lipinski definition) is 4. The molecule has 2 N–H and O–H groups in total. The topological polar surface area (TPSA) is 102 Å². The van der Waals surface area contributed by atoms with Gasteiger partial charge in [-0.05, 0) is 35.9 Å². The maximum atomic E-state index is 13.3. The standard InChI is InChI=1S/C21H14FN3O3.Na/c22-16-7-5-12(6-8-16)18-19(15-9-10-23-17(26)11-15)25-20(24-18)13-1-3-14(4-2-13)21(27)28;/h1-11H,(H,23,26)(H,24,25)(H,27,28);/q;+1/p-1. The van der Waals surface area contributed by atoms with Crippen LogP contribution in [0.5, 0.6) is 0 Å². The predicted octanol–water partition coefficient (Wildman–Crippen LogP) is -0.394. The molecule has 0 radical (unpaired) electrons. The van der Waals surface area contributed by atoms with Crippen molar-refractivity contribution in [3.05, 3.63) is 88.6 Å². The minimum atomic E-state index is -1.26. The molecular weight excluding hydrogens is 384 g/mol. The third kappa shape index (κ3) is 4.37. The van der Waals surface area contributed by atoms with Crippen LogP contribution >= 0.6 is 0 Å². The first-order valence-electron chi connectivity index (χ1n) is 8.38. The number of nitrogens with one attached hydrogen (secondary N) is 2. The molecule has 6 nitrogen and oxygen atoms in total. The SMILES string of the molecule is O=C([O-])c1ccc(-c2nc(-c3cc[nH]c(=O)c3)c(-c3ccc(F)cc3)[nH]2)cc1.[Na+]. The van der Waals surface area contributed by atoms with E-state index in [0.717, 1.165) is 0 Å². The molecule has 0 aliphatic carbocycles. The zero-order chi connectivity index (χ0) is 19.7. The zero-order valence-corrected chi connectivity index (χ0v) is 17.4. The van der Waals surface area contributed by atoms with E-state index >= 15 is 0 Å². The van der Waals surface area contributed by atoms with Crippen molar-refractivity contribution in [2.75, 3.05) is 0 Å². The monoisotopic (exact) mass is 397 g/mol. The number of aromatic nitrogens is 3. The molecular formula is C21H13FN3NaO3. The number of halogens is 1. The number of carboxylic acids is 1. The van der Waals surface area contributed by atoms with Gasteiger partial charge in [-0.1, -0.05) is 24.3 Å². The van der Waals surface area contributed by atoms with E-state index in [1.165, 1.54) is 36.5 Å². The molecule has 8 heteroatoms. The van der Waals surface area contributed by atoms with Crippen LogP contribution < -0.4 is 40.2 Å². The molecule has 0 atom stereocenters. The number of H-pyrrole nitrogens is 2. The van der Waals surface area contributed by atoms with Gasteiger partial charge in [0.15, 0.2) is 0 Å². The number of carboxylic acid groups (broad SMARTS) is 1. The van der Waals surface area contributed by atoms with Gasteiger partial charge in [0.2, 0.25) is 5.56 Å². The van der Waals surface area contributed by atoms with Gasteiger partial charge >= 0.3 is 29.6 Å². The van der Waals surface area contributed by atoms with Gasteiger partial charge in [0.25, 0.3) is 0 Å². The molecule has 0 saturated carbocycles. The fourth-order valence-corrected chi connectivity index (χ4v) is 2.90. The maximum Gasteiger partial charge on any atom is 1.00 e. The van der Waals surface area contributed by atoms with Gasteiger partial charge in [-0.2, -0.15) is 0 Å². The summed E-state index contributed by atoms with van der Waals surface area (Å²) in [5.41, 5.74) is 2.87. The zero-order valence-electron chi connectivity index (χ0n) is 15.4. The first-order chi connectivity index (χ1) is 13.5. The van der Waals surface area contributed by atoms with Crippen LogP contribution in [0, 0.1) is 5.82 Å². The summed E-state index contributed by atoms with van der Waals surface area (Å²) in [5.74, 6) is -1.14. The average Bonchev–Trinajstić information content (AvgIpc) is 3.14. The molecule has 138 valence electrons. The van der Waals surface area contributed by atoms with Crippen molar-refractivity contribution in [1.29, 1.82) is 0 Å². The molecule has 0 aliphatic heterocycles.